The second-order valence-corrected chi connectivity index (χ2v) is 5.96. The van der Waals surface area contributed by atoms with E-state index in [4.69, 9.17) is 11.6 Å². The van der Waals surface area contributed by atoms with Crippen LogP contribution in [0.1, 0.15) is 44.6 Å². The summed E-state index contributed by atoms with van der Waals surface area (Å²) in [6.45, 7) is 1.85. The number of benzene rings is 1. The topological polar surface area (TPSA) is 20.2 Å². The molecule has 1 atom stereocenters. The number of aliphatic hydroxyl groups is 1. The molecule has 1 nitrogen and oxygen atoms in total. The minimum atomic E-state index is -0.794. The summed E-state index contributed by atoms with van der Waals surface area (Å²) in [7, 11) is 0. The van der Waals surface area contributed by atoms with Gasteiger partial charge >= 0.3 is 0 Å². The Kier molecular flexibility index (Phi) is 4.29. The lowest BCUT2D eigenvalue weighted by Gasteiger charge is -2.36. The molecular formula is C15H20ClFO. The Morgan fingerprint density at radius 1 is 1.33 bits per heavy atom. The molecule has 18 heavy (non-hydrogen) atoms. The van der Waals surface area contributed by atoms with Crippen molar-refractivity contribution in [1.29, 1.82) is 0 Å². The van der Waals surface area contributed by atoms with E-state index < -0.39 is 11.4 Å². The fourth-order valence-electron chi connectivity index (χ4n) is 2.94. The maximum Gasteiger partial charge on any atom is 0.142 e. The van der Waals surface area contributed by atoms with Crippen LogP contribution in [0.2, 0.25) is 5.02 Å². The first kappa shape index (κ1) is 13.8. The Hall–Kier alpha value is -0.600. The molecule has 0 radical (unpaired) electrons. The van der Waals surface area contributed by atoms with Gasteiger partial charge in [-0.3, -0.25) is 0 Å². The van der Waals surface area contributed by atoms with Crippen molar-refractivity contribution in [3.05, 3.63) is 34.6 Å². The summed E-state index contributed by atoms with van der Waals surface area (Å²) in [6.07, 6.45) is 6.15. The van der Waals surface area contributed by atoms with E-state index in [0.29, 0.717) is 17.9 Å². The number of hydrogen-bond acceptors (Lipinski definition) is 1. The van der Waals surface area contributed by atoms with Gasteiger partial charge in [0.15, 0.2) is 0 Å². The lowest BCUT2D eigenvalue weighted by atomic mass is 9.75. The van der Waals surface area contributed by atoms with Gasteiger partial charge in [-0.25, -0.2) is 4.39 Å². The zero-order chi connectivity index (χ0) is 13.2. The van der Waals surface area contributed by atoms with Gasteiger partial charge in [-0.05, 0) is 37.3 Å². The monoisotopic (exact) mass is 270 g/mol. The third-order valence-corrected chi connectivity index (χ3v) is 4.49. The SMILES string of the molecule is CC(O)(Cc1cccc(F)c1Cl)C1CCCCC1. The van der Waals surface area contributed by atoms with E-state index in [1.165, 1.54) is 25.3 Å². The molecule has 1 aliphatic rings. The molecule has 0 aromatic heterocycles. The van der Waals surface area contributed by atoms with Crippen LogP contribution < -0.4 is 0 Å². The Labute approximate surface area is 113 Å². The van der Waals surface area contributed by atoms with E-state index in [0.717, 1.165) is 12.8 Å². The van der Waals surface area contributed by atoms with E-state index in [1.54, 1.807) is 12.1 Å². The van der Waals surface area contributed by atoms with Crippen LogP contribution in [0.4, 0.5) is 4.39 Å². The maximum atomic E-state index is 13.4. The van der Waals surface area contributed by atoms with Crippen LogP contribution in [-0.2, 0) is 6.42 Å². The van der Waals surface area contributed by atoms with Crippen molar-refractivity contribution < 1.29 is 9.50 Å². The summed E-state index contributed by atoms with van der Waals surface area (Å²) in [6, 6.07) is 4.79. The molecule has 0 aliphatic heterocycles. The summed E-state index contributed by atoms with van der Waals surface area (Å²) >= 11 is 5.95. The Bertz CT molecular complexity index is 411. The zero-order valence-electron chi connectivity index (χ0n) is 10.8. The molecule has 100 valence electrons. The standard InChI is InChI=1S/C15H20ClFO/c1-15(18,12-7-3-2-4-8-12)10-11-6-5-9-13(17)14(11)16/h5-6,9,12,18H,2-4,7-8,10H2,1H3. The van der Waals surface area contributed by atoms with Crippen LogP contribution in [-0.4, -0.2) is 10.7 Å². The smallest absolute Gasteiger partial charge is 0.142 e. The first-order valence-electron chi connectivity index (χ1n) is 6.66. The first-order chi connectivity index (χ1) is 8.50. The quantitative estimate of drug-likeness (QED) is 0.866. The van der Waals surface area contributed by atoms with Gasteiger partial charge < -0.3 is 5.11 Å². The second kappa shape index (κ2) is 5.58. The molecule has 1 unspecified atom stereocenters. The van der Waals surface area contributed by atoms with Crippen LogP contribution in [0.25, 0.3) is 0 Å². The molecule has 0 saturated heterocycles. The maximum absolute atomic E-state index is 13.4. The zero-order valence-corrected chi connectivity index (χ0v) is 11.5. The fourth-order valence-corrected chi connectivity index (χ4v) is 3.13. The molecule has 0 amide bonds. The van der Waals surface area contributed by atoms with Gasteiger partial charge in [0.05, 0.1) is 10.6 Å². The van der Waals surface area contributed by atoms with E-state index in [2.05, 4.69) is 0 Å². The van der Waals surface area contributed by atoms with E-state index in [-0.39, 0.29) is 5.02 Å². The van der Waals surface area contributed by atoms with E-state index in [1.807, 2.05) is 6.92 Å². The second-order valence-electron chi connectivity index (χ2n) is 5.58. The Morgan fingerprint density at radius 2 is 2.00 bits per heavy atom. The van der Waals surface area contributed by atoms with Crippen LogP contribution >= 0.6 is 11.6 Å². The summed E-state index contributed by atoms with van der Waals surface area (Å²) in [4.78, 5) is 0. The normalized spacial score (nSPS) is 20.7. The molecule has 1 saturated carbocycles. The van der Waals surface area contributed by atoms with Crippen LogP contribution in [0, 0.1) is 11.7 Å². The molecule has 1 aliphatic carbocycles. The van der Waals surface area contributed by atoms with Gasteiger partial charge in [0.2, 0.25) is 0 Å². The van der Waals surface area contributed by atoms with Gasteiger partial charge in [-0.2, -0.15) is 0 Å². The number of halogens is 2. The summed E-state index contributed by atoms with van der Waals surface area (Å²) in [5, 5.41) is 10.8. The summed E-state index contributed by atoms with van der Waals surface area (Å²) < 4.78 is 13.4. The van der Waals surface area contributed by atoms with E-state index in [9.17, 15) is 9.50 Å². The Morgan fingerprint density at radius 3 is 2.67 bits per heavy atom. The van der Waals surface area contributed by atoms with E-state index >= 15 is 0 Å². The average Bonchev–Trinajstić information content (AvgIpc) is 2.36. The molecule has 1 N–H and O–H groups in total. The van der Waals surface area contributed by atoms with Gasteiger partial charge in [0.1, 0.15) is 5.82 Å². The molecule has 1 fully saturated rings. The van der Waals surface area contributed by atoms with Crippen molar-refractivity contribution in [1.82, 2.24) is 0 Å². The first-order valence-corrected chi connectivity index (χ1v) is 7.04. The van der Waals surface area contributed by atoms with Crippen molar-refractivity contribution in [2.24, 2.45) is 5.92 Å². The van der Waals surface area contributed by atoms with Crippen molar-refractivity contribution in [2.75, 3.05) is 0 Å². The van der Waals surface area contributed by atoms with Gasteiger partial charge in [0.25, 0.3) is 0 Å². The minimum absolute atomic E-state index is 0.147. The molecule has 2 rings (SSSR count). The fraction of sp³-hybridized carbons (Fsp3) is 0.600. The van der Waals surface area contributed by atoms with Gasteiger partial charge in [-0.1, -0.05) is 43.0 Å². The van der Waals surface area contributed by atoms with Gasteiger partial charge in [-0.15, -0.1) is 0 Å². The average molecular weight is 271 g/mol. The van der Waals surface area contributed by atoms with Crippen LogP contribution in [0.3, 0.4) is 0 Å². The molecule has 3 heteroatoms. The molecule has 0 spiro atoms. The highest BCUT2D eigenvalue weighted by Gasteiger charge is 2.33. The van der Waals surface area contributed by atoms with Gasteiger partial charge in [0, 0.05) is 6.42 Å². The lowest BCUT2D eigenvalue weighted by molar-refractivity contribution is -0.0159. The highest BCUT2D eigenvalue weighted by atomic mass is 35.5. The third kappa shape index (κ3) is 3.04. The molecule has 0 bridgehead atoms. The highest BCUT2D eigenvalue weighted by Crippen LogP contribution is 2.36. The number of hydrogen-bond donors (Lipinski definition) is 1. The number of rotatable bonds is 3. The van der Waals surface area contributed by atoms with Crippen molar-refractivity contribution in [2.45, 2.75) is 51.0 Å². The predicted octanol–water partition coefficient (Wildman–Crippen LogP) is 4.35. The van der Waals surface area contributed by atoms with Crippen molar-refractivity contribution in [3.63, 3.8) is 0 Å². The molecule has 1 aromatic rings. The third-order valence-electron chi connectivity index (χ3n) is 4.06. The lowest BCUT2D eigenvalue weighted by Crippen LogP contribution is -2.38. The molecular weight excluding hydrogens is 251 g/mol. The predicted molar refractivity (Wildman–Crippen MR) is 72.3 cm³/mol. The minimum Gasteiger partial charge on any atom is -0.390 e. The van der Waals surface area contributed by atoms with Crippen molar-refractivity contribution >= 4 is 11.6 Å². The highest BCUT2D eigenvalue weighted by molar-refractivity contribution is 6.31. The van der Waals surface area contributed by atoms with Crippen LogP contribution in [0.5, 0.6) is 0 Å². The summed E-state index contributed by atoms with van der Waals surface area (Å²) in [5.74, 6) is -0.112. The molecule has 0 heterocycles. The molecule has 1 aromatic carbocycles. The largest absolute Gasteiger partial charge is 0.390 e. The Balaban J connectivity index is 2.13. The van der Waals surface area contributed by atoms with Crippen molar-refractivity contribution in [3.8, 4) is 0 Å². The summed E-state index contributed by atoms with van der Waals surface area (Å²) in [5.41, 5.74) is -0.0926. The van der Waals surface area contributed by atoms with Crippen LogP contribution in [0.15, 0.2) is 18.2 Å².